The summed E-state index contributed by atoms with van der Waals surface area (Å²) in [4.78, 5) is 34.8. The molecule has 0 radical (unpaired) electrons. The molecule has 1 rings (SSSR count). The number of carbonyl (C=O) groups excluding carboxylic acids is 2. The zero-order valence-corrected chi connectivity index (χ0v) is 14.2. The molecule has 2 N–H and O–H groups in total. The Morgan fingerprint density at radius 2 is 2.04 bits per heavy atom. The maximum Gasteiger partial charge on any atom is 0.274 e. The number of hydrogen-bond donors (Lipinski definition) is 2. The summed E-state index contributed by atoms with van der Waals surface area (Å²) >= 11 is 0. The molecule has 2 amide bonds. The molecule has 0 saturated carbocycles. The lowest BCUT2D eigenvalue weighted by Gasteiger charge is -2.26. The lowest BCUT2D eigenvalue weighted by molar-refractivity contribution is -0.122. The summed E-state index contributed by atoms with van der Waals surface area (Å²) in [6.07, 6.45) is 6.04. The highest BCUT2D eigenvalue weighted by Crippen LogP contribution is 2.18. The molecule has 2 unspecified atom stereocenters. The first-order valence-electron chi connectivity index (χ1n) is 8.26. The van der Waals surface area contributed by atoms with E-state index in [9.17, 15) is 14.4 Å². The normalized spacial score (nSPS) is 13.2. The highest BCUT2D eigenvalue weighted by Gasteiger charge is 2.20. The highest BCUT2D eigenvalue weighted by molar-refractivity contribution is 5.76. The summed E-state index contributed by atoms with van der Waals surface area (Å²) in [5, 5.41) is 5.38. The summed E-state index contributed by atoms with van der Waals surface area (Å²) in [5.41, 5.74) is -0.219. The molecule has 0 aliphatic heterocycles. The number of rotatable bonds is 10. The van der Waals surface area contributed by atoms with Gasteiger partial charge in [0.25, 0.3) is 5.56 Å². The quantitative estimate of drug-likeness (QED) is 0.648. The fraction of sp³-hybridized carbons (Fsp3) is 0.588. The van der Waals surface area contributed by atoms with Crippen molar-refractivity contribution in [3.63, 3.8) is 0 Å². The maximum absolute atomic E-state index is 12.3. The average Bonchev–Trinajstić information content (AvgIpc) is 2.54. The van der Waals surface area contributed by atoms with Gasteiger partial charge < -0.3 is 15.2 Å². The first-order valence-corrected chi connectivity index (χ1v) is 8.26. The van der Waals surface area contributed by atoms with Crippen LogP contribution in [0.2, 0.25) is 0 Å². The van der Waals surface area contributed by atoms with Crippen molar-refractivity contribution >= 4 is 18.0 Å². The Morgan fingerprint density at radius 3 is 2.61 bits per heavy atom. The minimum Gasteiger partial charge on any atom is -0.352 e. The first-order chi connectivity index (χ1) is 11.1. The van der Waals surface area contributed by atoms with Crippen LogP contribution in [-0.4, -0.2) is 22.9 Å². The zero-order valence-electron chi connectivity index (χ0n) is 14.2. The van der Waals surface area contributed by atoms with Gasteiger partial charge in [-0.05, 0) is 30.9 Å². The van der Waals surface area contributed by atoms with Crippen molar-refractivity contribution in [2.24, 2.45) is 5.92 Å². The predicted octanol–water partition coefficient (Wildman–Crippen LogP) is 2.14. The third kappa shape index (κ3) is 5.54. The smallest absolute Gasteiger partial charge is 0.274 e. The fourth-order valence-corrected chi connectivity index (χ4v) is 2.86. The van der Waals surface area contributed by atoms with E-state index in [2.05, 4.69) is 31.4 Å². The van der Waals surface area contributed by atoms with E-state index >= 15 is 0 Å². The number of anilines is 1. The highest BCUT2D eigenvalue weighted by atomic mass is 16.2. The number of aromatic nitrogens is 1. The molecule has 0 spiro atoms. The largest absolute Gasteiger partial charge is 0.352 e. The molecular weight excluding hydrogens is 294 g/mol. The van der Waals surface area contributed by atoms with Crippen LogP contribution in [0.25, 0.3) is 0 Å². The van der Waals surface area contributed by atoms with E-state index in [0.717, 1.165) is 25.7 Å². The third-order valence-electron chi connectivity index (χ3n) is 4.09. The lowest BCUT2D eigenvalue weighted by atomic mass is 9.90. The molecule has 1 aromatic heterocycles. The summed E-state index contributed by atoms with van der Waals surface area (Å²) in [7, 11) is 0. The molecule has 2 atom stereocenters. The number of hydrogen-bond acceptors (Lipinski definition) is 3. The van der Waals surface area contributed by atoms with Crippen LogP contribution in [0, 0.1) is 5.92 Å². The summed E-state index contributed by atoms with van der Waals surface area (Å²) in [5.74, 6) is 0.269. The van der Waals surface area contributed by atoms with Crippen LogP contribution in [0.15, 0.2) is 23.1 Å². The average molecular weight is 321 g/mol. The Balaban J connectivity index is 2.77. The van der Waals surface area contributed by atoms with Crippen molar-refractivity contribution in [2.75, 3.05) is 5.32 Å². The number of carbonyl (C=O) groups is 2. The van der Waals surface area contributed by atoms with E-state index < -0.39 is 0 Å². The topological polar surface area (TPSA) is 80.2 Å². The van der Waals surface area contributed by atoms with Gasteiger partial charge in [-0.1, -0.05) is 33.6 Å². The van der Waals surface area contributed by atoms with Crippen molar-refractivity contribution in [2.45, 2.75) is 59.0 Å². The zero-order chi connectivity index (χ0) is 17.2. The van der Waals surface area contributed by atoms with E-state index in [1.807, 2.05) is 0 Å². The number of amides is 2. The molecule has 0 saturated heterocycles. The van der Waals surface area contributed by atoms with Gasteiger partial charge in [-0.25, -0.2) is 0 Å². The molecule has 23 heavy (non-hydrogen) atoms. The Hall–Kier alpha value is -2.11. The molecule has 0 bridgehead atoms. The van der Waals surface area contributed by atoms with Gasteiger partial charge in [-0.15, -0.1) is 0 Å². The Bertz CT molecular complexity index is 568. The van der Waals surface area contributed by atoms with Gasteiger partial charge in [-0.3, -0.25) is 14.4 Å². The van der Waals surface area contributed by atoms with Crippen LogP contribution in [-0.2, 0) is 16.1 Å². The number of nitrogens with one attached hydrogen (secondary N) is 2. The Morgan fingerprint density at radius 1 is 1.30 bits per heavy atom. The van der Waals surface area contributed by atoms with Gasteiger partial charge in [-0.2, -0.15) is 0 Å². The number of nitrogens with zero attached hydrogens (tertiary/aromatic N) is 1. The predicted molar refractivity (Wildman–Crippen MR) is 91.3 cm³/mol. The molecule has 1 aromatic rings. The molecule has 1 heterocycles. The first kappa shape index (κ1) is 18.9. The van der Waals surface area contributed by atoms with E-state index in [4.69, 9.17) is 0 Å². The van der Waals surface area contributed by atoms with Crippen LogP contribution in [0.1, 0.15) is 46.5 Å². The Labute approximate surface area is 137 Å². The summed E-state index contributed by atoms with van der Waals surface area (Å²) in [6, 6.07) is 3.26. The van der Waals surface area contributed by atoms with Crippen molar-refractivity contribution in [3.8, 4) is 0 Å². The molecular formula is C17H27N3O3. The van der Waals surface area contributed by atoms with Gasteiger partial charge in [0.05, 0.1) is 0 Å². The number of pyridine rings is 1. The standard InChI is InChI=1S/C17H27N3O3/c1-4-8-13(5-2)14(6-3)19-16(22)11-20-10-7-9-15(17(20)23)18-12-21/h7,9-10,12-14H,4-6,8,11H2,1-3H3,(H,18,21)(H,19,22). The third-order valence-corrected chi connectivity index (χ3v) is 4.09. The second kappa shape index (κ2) is 9.82. The molecule has 6 heteroatoms. The SMILES string of the molecule is CCCC(CC)C(CC)NC(=O)Cn1cccc(NC=O)c1=O. The van der Waals surface area contributed by atoms with E-state index in [-0.39, 0.29) is 29.7 Å². The van der Waals surface area contributed by atoms with Gasteiger partial charge in [0.1, 0.15) is 12.2 Å². The van der Waals surface area contributed by atoms with E-state index in [1.165, 1.54) is 10.6 Å². The molecule has 0 aromatic carbocycles. The molecule has 0 aliphatic carbocycles. The van der Waals surface area contributed by atoms with Gasteiger partial charge in [0.2, 0.25) is 12.3 Å². The van der Waals surface area contributed by atoms with Gasteiger partial charge in [0.15, 0.2) is 0 Å². The second-order valence-electron chi connectivity index (χ2n) is 5.66. The minimum absolute atomic E-state index is 0.0493. The van der Waals surface area contributed by atoms with Crippen molar-refractivity contribution in [3.05, 3.63) is 28.7 Å². The Kier molecular flexibility index (Phi) is 8.08. The minimum atomic E-state index is -0.386. The van der Waals surface area contributed by atoms with Crippen LogP contribution in [0.5, 0.6) is 0 Å². The van der Waals surface area contributed by atoms with Gasteiger partial charge >= 0.3 is 0 Å². The molecule has 0 fully saturated rings. The molecule has 6 nitrogen and oxygen atoms in total. The van der Waals surface area contributed by atoms with Gasteiger partial charge in [0, 0.05) is 12.2 Å². The monoisotopic (exact) mass is 321 g/mol. The van der Waals surface area contributed by atoms with Crippen molar-refractivity contribution < 1.29 is 9.59 Å². The summed E-state index contributed by atoms with van der Waals surface area (Å²) in [6.45, 7) is 6.28. The van der Waals surface area contributed by atoms with E-state index in [1.54, 1.807) is 12.3 Å². The maximum atomic E-state index is 12.3. The van der Waals surface area contributed by atoms with Crippen LogP contribution in [0.3, 0.4) is 0 Å². The van der Waals surface area contributed by atoms with Crippen LogP contribution < -0.4 is 16.2 Å². The second-order valence-corrected chi connectivity index (χ2v) is 5.66. The van der Waals surface area contributed by atoms with Crippen LogP contribution >= 0.6 is 0 Å². The molecule has 128 valence electrons. The molecule has 0 aliphatic rings. The fourth-order valence-electron chi connectivity index (χ4n) is 2.86. The van der Waals surface area contributed by atoms with Crippen molar-refractivity contribution in [1.29, 1.82) is 0 Å². The van der Waals surface area contributed by atoms with E-state index in [0.29, 0.717) is 12.3 Å². The van der Waals surface area contributed by atoms with Crippen molar-refractivity contribution in [1.82, 2.24) is 9.88 Å². The summed E-state index contributed by atoms with van der Waals surface area (Å²) < 4.78 is 1.30. The lowest BCUT2D eigenvalue weighted by Crippen LogP contribution is -2.42. The van der Waals surface area contributed by atoms with Crippen LogP contribution in [0.4, 0.5) is 5.69 Å².